The molecular weight excluding hydrogens is 1430 g/mol. The molecule has 114 heavy (non-hydrogen) atoms. The zero-order chi connectivity index (χ0) is 74.9. The molecule has 24 aromatic rings. The van der Waals surface area contributed by atoms with E-state index in [0.29, 0.717) is 34.9 Å². The molecule has 0 radical (unpaired) electrons. The highest BCUT2D eigenvalue weighted by Gasteiger charge is 2.27. The summed E-state index contributed by atoms with van der Waals surface area (Å²) in [4.78, 5) is 31.0. The summed E-state index contributed by atoms with van der Waals surface area (Å²) in [5, 5.41) is 14.5. The molecule has 10 nitrogen and oxygen atoms in total. The second-order valence-electron chi connectivity index (χ2n) is 28.8. The van der Waals surface area contributed by atoms with Gasteiger partial charge in [0, 0.05) is 140 Å². The van der Waals surface area contributed by atoms with Gasteiger partial charge in [-0.1, -0.05) is 273 Å². The smallest absolute Gasteiger partial charge is 0.165 e. The van der Waals surface area contributed by atoms with Crippen molar-refractivity contribution >= 4 is 150 Å². The number of hydrogen-bond acceptors (Lipinski definition) is 8. The number of thiophene rings is 2. The van der Waals surface area contributed by atoms with Crippen molar-refractivity contribution in [1.82, 2.24) is 48.2 Å². The van der Waals surface area contributed by atoms with Gasteiger partial charge in [-0.2, -0.15) is 0 Å². The molecule has 0 saturated heterocycles. The van der Waals surface area contributed by atoms with Crippen LogP contribution in [0.4, 0.5) is 0 Å². The first-order valence-corrected chi connectivity index (χ1v) is 39.9. The fourth-order valence-corrected chi connectivity index (χ4v) is 19.7. The number of hydrogen-bond donors (Lipinski definition) is 0. The van der Waals surface area contributed by atoms with Gasteiger partial charge in [0.05, 0.1) is 44.1 Å². The molecule has 0 aliphatic heterocycles. The van der Waals surface area contributed by atoms with E-state index in [-0.39, 0.29) is 0 Å². The summed E-state index contributed by atoms with van der Waals surface area (Å²) in [6.07, 6.45) is 0. The van der Waals surface area contributed by atoms with Crippen LogP contribution in [0.5, 0.6) is 0 Å². The van der Waals surface area contributed by atoms with Gasteiger partial charge in [-0.25, -0.2) is 29.9 Å². The van der Waals surface area contributed by atoms with Gasteiger partial charge in [-0.3, -0.25) is 0 Å². The van der Waals surface area contributed by atoms with Crippen LogP contribution in [-0.2, 0) is 0 Å². The largest absolute Gasteiger partial charge is 0.309 e. The van der Waals surface area contributed by atoms with Crippen molar-refractivity contribution in [2.75, 3.05) is 0 Å². The molecule has 0 aliphatic rings. The molecule has 0 bridgehead atoms. The second kappa shape index (κ2) is 26.5. The Labute approximate surface area is 661 Å². The summed E-state index contributed by atoms with van der Waals surface area (Å²) in [7, 11) is 0. The van der Waals surface area contributed by atoms with Crippen molar-refractivity contribution in [2.24, 2.45) is 0 Å². The van der Waals surface area contributed by atoms with E-state index in [1.807, 2.05) is 72.8 Å². The molecule has 16 aromatic carbocycles. The standard InChI is InChI=1S/2C51H31N5S/c1-4-16-32(17-5-1)49-52-50(33-18-6-2-7-19-33)54-51(53-49)41-31-35(30-40-37-23-12-15-27-45(37)57-48(40)41)55-43-26-14-11-24-39(43)46-44(55)29-28-38-36-22-10-13-25-42(36)56(47(38)46)34-20-8-3-9-21-34;1-4-16-32(17-5-1)49-52-50(33-18-6-2-7-19-33)54-51(53-49)42-29-35(28-41-38-24-12-15-27-47(38)57-48(41)42)56-44-26-14-11-23-37(44)40-30-45-39(31-46(40)56)36-22-10-13-25-43(36)55(45)34-20-8-3-9-21-34/h2*1-31H. The first-order valence-electron chi connectivity index (χ1n) is 38.2. The Morgan fingerprint density at radius 3 is 0.912 bits per heavy atom. The highest BCUT2D eigenvalue weighted by molar-refractivity contribution is 7.26. The van der Waals surface area contributed by atoms with Gasteiger partial charge < -0.3 is 18.3 Å². The molecule has 24 rings (SSSR count). The van der Waals surface area contributed by atoms with E-state index >= 15 is 0 Å². The summed E-state index contributed by atoms with van der Waals surface area (Å²) < 4.78 is 14.5. The van der Waals surface area contributed by atoms with Crippen molar-refractivity contribution in [2.45, 2.75) is 0 Å². The van der Waals surface area contributed by atoms with Crippen molar-refractivity contribution in [3.05, 3.63) is 376 Å². The number of rotatable bonds is 10. The fraction of sp³-hybridized carbons (Fsp3) is 0. The highest BCUT2D eigenvalue weighted by atomic mass is 32.1. The third kappa shape index (κ3) is 10.5. The summed E-state index contributed by atoms with van der Waals surface area (Å²) in [6.45, 7) is 0. The normalized spacial score (nSPS) is 11.9. The molecular formula is C102H62N10S2. The van der Waals surface area contributed by atoms with Gasteiger partial charge in [0.2, 0.25) is 0 Å². The second-order valence-corrected chi connectivity index (χ2v) is 30.9. The Hall–Kier alpha value is -14.8. The molecule has 0 atom stereocenters. The number of para-hydroxylation sites is 6. The summed E-state index contributed by atoms with van der Waals surface area (Å²) in [6, 6.07) is 133. The Morgan fingerprint density at radius 2 is 0.491 bits per heavy atom. The van der Waals surface area contributed by atoms with Crippen molar-refractivity contribution in [3.8, 4) is 91.1 Å². The Kier molecular flexibility index (Phi) is 15.1. The van der Waals surface area contributed by atoms with E-state index in [4.69, 9.17) is 29.9 Å². The van der Waals surface area contributed by atoms with E-state index in [1.165, 1.54) is 96.1 Å². The van der Waals surface area contributed by atoms with Crippen LogP contribution in [0.15, 0.2) is 376 Å². The van der Waals surface area contributed by atoms with Crippen molar-refractivity contribution in [3.63, 3.8) is 0 Å². The lowest BCUT2D eigenvalue weighted by molar-refractivity contribution is 1.07. The molecule has 0 amide bonds. The average Bonchev–Trinajstić information content (AvgIpc) is 1.54. The summed E-state index contributed by atoms with van der Waals surface area (Å²) in [5.74, 6) is 3.88. The molecule has 12 heteroatoms. The van der Waals surface area contributed by atoms with Crippen LogP contribution in [0, 0.1) is 0 Å². The van der Waals surface area contributed by atoms with Gasteiger partial charge in [0.25, 0.3) is 0 Å². The Balaban J connectivity index is 0.000000135. The van der Waals surface area contributed by atoms with Crippen molar-refractivity contribution in [1.29, 1.82) is 0 Å². The first kappa shape index (κ1) is 65.1. The van der Waals surface area contributed by atoms with Crippen molar-refractivity contribution < 1.29 is 0 Å². The fourth-order valence-electron chi connectivity index (χ4n) is 17.3. The molecule has 0 fully saturated rings. The zero-order valence-electron chi connectivity index (χ0n) is 61.1. The average molecular weight is 1490 g/mol. The van der Waals surface area contributed by atoms with Crippen LogP contribution < -0.4 is 0 Å². The SMILES string of the molecule is c1ccc(-c2nc(-c3ccccc3)nc(-c3cc(-n4c5ccccc5c5c4ccc4c6ccccc6n(-c6ccccc6)c45)cc4c3sc3ccccc34)n2)cc1.c1ccc(-c2nc(-c3ccccc3)nc(-c3cc(-n4c5ccccc5c5cc6c(cc54)c4ccccc4n6-c4ccccc4)cc4c3sc3ccccc34)n2)cc1. The van der Waals surface area contributed by atoms with Crippen LogP contribution >= 0.6 is 22.7 Å². The summed E-state index contributed by atoms with van der Waals surface area (Å²) in [5.41, 5.74) is 19.5. The number of fused-ring (bicyclic) bond motifs is 19. The molecule has 0 aliphatic carbocycles. The third-order valence-corrected chi connectivity index (χ3v) is 24.7. The number of nitrogens with zero attached hydrogens (tertiary/aromatic N) is 10. The Morgan fingerprint density at radius 1 is 0.184 bits per heavy atom. The van der Waals surface area contributed by atoms with E-state index in [0.717, 1.165) is 87.6 Å². The first-order chi connectivity index (χ1) is 56.5. The maximum absolute atomic E-state index is 5.25. The lowest BCUT2D eigenvalue weighted by Gasteiger charge is -2.13. The lowest BCUT2D eigenvalue weighted by Crippen LogP contribution is -2.01. The summed E-state index contributed by atoms with van der Waals surface area (Å²) >= 11 is 3.58. The molecule has 8 heterocycles. The predicted octanol–water partition coefficient (Wildman–Crippen LogP) is 26.9. The van der Waals surface area contributed by atoms with E-state index in [9.17, 15) is 0 Å². The minimum absolute atomic E-state index is 0.645. The van der Waals surface area contributed by atoms with E-state index in [1.54, 1.807) is 22.7 Å². The third-order valence-electron chi connectivity index (χ3n) is 22.3. The van der Waals surface area contributed by atoms with Crippen LogP contribution in [-0.4, -0.2) is 48.2 Å². The topological polar surface area (TPSA) is 97.1 Å². The van der Waals surface area contributed by atoms with Gasteiger partial charge >= 0.3 is 0 Å². The molecule has 0 saturated carbocycles. The molecule has 0 N–H and O–H groups in total. The monoisotopic (exact) mass is 1490 g/mol. The number of aromatic nitrogens is 10. The number of benzene rings is 16. The highest BCUT2D eigenvalue weighted by Crippen LogP contribution is 2.49. The molecule has 532 valence electrons. The van der Waals surface area contributed by atoms with Crippen LogP contribution in [0.3, 0.4) is 0 Å². The van der Waals surface area contributed by atoms with Crippen LogP contribution in [0.1, 0.15) is 0 Å². The molecule has 0 unspecified atom stereocenters. The quantitative estimate of drug-likeness (QED) is 0.135. The van der Waals surface area contributed by atoms with Gasteiger partial charge in [0.1, 0.15) is 0 Å². The minimum atomic E-state index is 0.645. The van der Waals surface area contributed by atoms with Crippen LogP contribution in [0.25, 0.3) is 219 Å². The molecule has 0 spiro atoms. The zero-order valence-corrected chi connectivity index (χ0v) is 62.7. The maximum atomic E-state index is 5.25. The maximum Gasteiger partial charge on any atom is 0.165 e. The predicted molar refractivity (Wildman–Crippen MR) is 475 cm³/mol. The molecule has 8 aromatic heterocycles. The van der Waals surface area contributed by atoms with E-state index < -0.39 is 0 Å². The van der Waals surface area contributed by atoms with E-state index in [2.05, 4.69) is 322 Å². The van der Waals surface area contributed by atoms with Crippen LogP contribution in [0.2, 0.25) is 0 Å². The van der Waals surface area contributed by atoms with Gasteiger partial charge in [-0.15, -0.1) is 22.7 Å². The minimum Gasteiger partial charge on any atom is -0.309 e. The van der Waals surface area contributed by atoms with Gasteiger partial charge in [0.15, 0.2) is 34.9 Å². The Bertz CT molecular complexity index is 7850. The van der Waals surface area contributed by atoms with Gasteiger partial charge in [-0.05, 0) is 103 Å². The lowest BCUT2D eigenvalue weighted by atomic mass is 10.1.